The molecule has 1 saturated heterocycles. The number of hydrogen-bond acceptors (Lipinski definition) is 2. The van der Waals surface area contributed by atoms with E-state index in [0.29, 0.717) is 6.04 Å². The van der Waals surface area contributed by atoms with Gasteiger partial charge in [-0.3, -0.25) is 4.79 Å². The Labute approximate surface area is 116 Å². The van der Waals surface area contributed by atoms with Crippen molar-refractivity contribution < 1.29 is 4.79 Å². The minimum Gasteiger partial charge on any atom is -0.337 e. The van der Waals surface area contributed by atoms with Crippen molar-refractivity contribution in [1.29, 1.82) is 0 Å². The molecule has 1 heterocycles. The average Bonchev–Trinajstić information content (AvgIpc) is 2.78. The topological polar surface area (TPSA) is 23.6 Å². The van der Waals surface area contributed by atoms with Crippen LogP contribution in [0.5, 0.6) is 0 Å². The van der Waals surface area contributed by atoms with E-state index in [-0.39, 0.29) is 5.91 Å². The second-order valence-electron chi connectivity index (χ2n) is 4.64. The molecule has 1 aromatic rings. The molecule has 1 aliphatic rings. The SMILES string of the molecule is CN(C)C1CCN(C(=O)c2ccccc2I)C1. The molecule has 0 spiro atoms. The number of carbonyl (C=O) groups is 1. The maximum absolute atomic E-state index is 12.3. The van der Waals surface area contributed by atoms with Crippen molar-refractivity contribution in [2.24, 2.45) is 0 Å². The number of likely N-dealkylation sites (N-methyl/N-ethyl adjacent to an activating group) is 1. The summed E-state index contributed by atoms with van der Waals surface area (Å²) in [4.78, 5) is 16.5. The van der Waals surface area contributed by atoms with E-state index in [2.05, 4.69) is 41.6 Å². The molecule has 92 valence electrons. The Balaban J connectivity index is 2.10. The van der Waals surface area contributed by atoms with Crippen LogP contribution < -0.4 is 0 Å². The van der Waals surface area contributed by atoms with Crippen molar-refractivity contribution in [2.75, 3.05) is 27.2 Å². The Morgan fingerprint density at radius 3 is 2.71 bits per heavy atom. The highest BCUT2D eigenvalue weighted by molar-refractivity contribution is 14.1. The number of benzene rings is 1. The van der Waals surface area contributed by atoms with Crippen LogP contribution in [0.25, 0.3) is 0 Å². The monoisotopic (exact) mass is 344 g/mol. The third-order valence-corrected chi connectivity index (χ3v) is 4.23. The van der Waals surface area contributed by atoms with Crippen molar-refractivity contribution >= 4 is 28.5 Å². The largest absolute Gasteiger partial charge is 0.337 e. The molecule has 0 radical (unpaired) electrons. The maximum atomic E-state index is 12.3. The summed E-state index contributed by atoms with van der Waals surface area (Å²) < 4.78 is 1.03. The van der Waals surface area contributed by atoms with Crippen LogP contribution >= 0.6 is 22.6 Å². The van der Waals surface area contributed by atoms with E-state index in [4.69, 9.17) is 0 Å². The lowest BCUT2D eigenvalue weighted by molar-refractivity contribution is 0.0782. The van der Waals surface area contributed by atoms with E-state index >= 15 is 0 Å². The second kappa shape index (κ2) is 5.35. The number of nitrogens with zero attached hydrogens (tertiary/aromatic N) is 2. The van der Waals surface area contributed by atoms with Gasteiger partial charge in [0.15, 0.2) is 0 Å². The first kappa shape index (κ1) is 12.8. The van der Waals surface area contributed by atoms with Gasteiger partial charge in [-0.25, -0.2) is 0 Å². The molecule has 4 heteroatoms. The van der Waals surface area contributed by atoms with Gasteiger partial charge in [-0.2, -0.15) is 0 Å². The summed E-state index contributed by atoms with van der Waals surface area (Å²) in [6.07, 6.45) is 1.07. The highest BCUT2D eigenvalue weighted by atomic mass is 127. The van der Waals surface area contributed by atoms with Gasteiger partial charge in [0.25, 0.3) is 5.91 Å². The third-order valence-electron chi connectivity index (χ3n) is 3.29. The summed E-state index contributed by atoms with van der Waals surface area (Å²) in [6, 6.07) is 8.28. The number of carbonyl (C=O) groups excluding carboxylic acids is 1. The smallest absolute Gasteiger partial charge is 0.254 e. The van der Waals surface area contributed by atoms with Crippen molar-refractivity contribution in [3.63, 3.8) is 0 Å². The molecule has 2 rings (SSSR count). The lowest BCUT2D eigenvalue weighted by Gasteiger charge is -2.20. The molecule has 0 bridgehead atoms. The highest BCUT2D eigenvalue weighted by Crippen LogP contribution is 2.19. The van der Waals surface area contributed by atoms with E-state index < -0.39 is 0 Å². The normalized spacial score (nSPS) is 20.0. The standard InChI is InChI=1S/C13H17IN2O/c1-15(2)10-7-8-16(9-10)13(17)11-5-3-4-6-12(11)14/h3-6,10H,7-9H2,1-2H3. The minimum atomic E-state index is 0.166. The predicted octanol–water partition coefficient (Wildman–Crippen LogP) is 2.07. The van der Waals surface area contributed by atoms with Crippen LogP contribution in [0.4, 0.5) is 0 Å². The Hall–Kier alpha value is -0.620. The zero-order valence-corrected chi connectivity index (χ0v) is 12.3. The van der Waals surface area contributed by atoms with Gasteiger partial charge in [0.1, 0.15) is 0 Å². The van der Waals surface area contributed by atoms with Gasteiger partial charge in [-0.15, -0.1) is 0 Å². The molecular weight excluding hydrogens is 327 g/mol. The van der Waals surface area contributed by atoms with Gasteiger partial charge in [0.2, 0.25) is 0 Å². The van der Waals surface area contributed by atoms with E-state index in [1.807, 2.05) is 29.2 Å². The number of halogens is 1. The molecule has 1 aliphatic heterocycles. The summed E-state index contributed by atoms with van der Waals surface area (Å²) in [6.45, 7) is 1.71. The lowest BCUT2D eigenvalue weighted by atomic mass is 10.2. The average molecular weight is 344 g/mol. The summed E-state index contributed by atoms with van der Waals surface area (Å²) in [5.41, 5.74) is 0.826. The molecule has 1 atom stereocenters. The van der Waals surface area contributed by atoms with Gasteiger partial charge in [-0.05, 0) is 55.2 Å². The lowest BCUT2D eigenvalue weighted by Crippen LogP contribution is -2.34. The molecule has 17 heavy (non-hydrogen) atoms. The Morgan fingerprint density at radius 1 is 1.41 bits per heavy atom. The maximum Gasteiger partial charge on any atom is 0.254 e. The molecule has 0 N–H and O–H groups in total. The molecule has 1 amide bonds. The number of likely N-dealkylation sites (tertiary alicyclic amines) is 1. The van der Waals surface area contributed by atoms with Gasteiger partial charge in [0.05, 0.1) is 5.56 Å². The van der Waals surface area contributed by atoms with Gasteiger partial charge in [-0.1, -0.05) is 12.1 Å². The molecular formula is C13H17IN2O. The number of amides is 1. The highest BCUT2D eigenvalue weighted by Gasteiger charge is 2.28. The van der Waals surface area contributed by atoms with Crippen molar-refractivity contribution in [3.05, 3.63) is 33.4 Å². The van der Waals surface area contributed by atoms with Crippen LogP contribution in [0.2, 0.25) is 0 Å². The predicted molar refractivity (Wildman–Crippen MR) is 77.2 cm³/mol. The molecule has 0 saturated carbocycles. The summed E-state index contributed by atoms with van der Waals surface area (Å²) in [5, 5.41) is 0. The van der Waals surface area contributed by atoms with Crippen molar-refractivity contribution in [3.8, 4) is 0 Å². The van der Waals surface area contributed by atoms with Crippen LogP contribution in [-0.2, 0) is 0 Å². The Kier molecular flexibility index (Phi) is 4.04. The third kappa shape index (κ3) is 2.80. The number of hydrogen-bond donors (Lipinski definition) is 0. The van der Waals surface area contributed by atoms with Crippen LogP contribution in [0.15, 0.2) is 24.3 Å². The summed E-state index contributed by atoms with van der Waals surface area (Å²) >= 11 is 2.22. The Morgan fingerprint density at radius 2 is 2.12 bits per heavy atom. The zero-order valence-electron chi connectivity index (χ0n) is 10.2. The van der Waals surface area contributed by atoms with Crippen molar-refractivity contribution in [2.45, 2.75) is 12.5 Å². The Bertz CT molecular complexity index is 420. The van der Waals surface area contributed by atoms with E-state index in [1.54, 1.807) is 0 Å². The summed E-state index contributed by atoms with van der Waals surface area (Å²) in [7, 11) is 4.15. The van der Waals surface area contributed by atoms with E-state index in [1.165, 1.54) is 0 Å². The quantitative estimate of drug-likeness (QED) is 0.767. The fraction of sp³-hybridized carbons (Fsp3) is 0.462. The van der Waals surface area contributed by atoms with Crippen molar-refractivity contribution in [1.82, 2.24) is 9.80 Å². The van der Waals surface area contributed by atoms with Crippen LogP contribution in [-0.4, -0.2) is 48.9 Å². The van der Waals surface area contributed by atoms with Gasteiger partial charge in [0, 0.05) is 22.7 Å². The van der Waals surface area contributed by atoms with Crippen LogP contribution in [0.1, 0.15) is 16.8 Å². The van der Waals surface area contributed by atoms with E-state index in [0.717, 1.165) is 28.6 Å². The fourth-order valence-electron chi connectivity index (χ4n) is 2.15. The first-order chi connectivity index (χ1) is 8.09. The minimum absolute atomic E-state index is 0.166. The van der Waals surface area contributed by atoms with Gasteiger partial charge < -0.3 is 9.80 Å². The fourth-order valence-corrected chi connectivity index (χ4v) is 2.77. The first-order valence-corrected chi connectivity index (χ1v) is 6.87. The molecule has 3 nitrogen and oxygen atoms in total. The zero-order chi connectivity index (χ0) is 12.4. The first-order valence-electron chi connectivity index (χ1n) is 5.80. The van der Waals surface area contributed by atoms with Crippen LogP contribution in [0.3, 0.4) is 0 Å². The van der Waals surface area contributed by atoms with Gasteiger partial charge >= 0.3 is 0 Å². The second-order valence-corrected chi connectivity index (χ2v) is 5.80. The molecule has 1 fully saturated rings. The molecule has 1 unspecified atom stereocenters. The number of rotatable bonds is 2. The van der Waals surface area contributed by atoms with Crippen LogP contribution in [0, 0.1) is 3.57 Å². The molecule has 0 aliphatic carbocycles. The van der Waals surface area contributed by atoms with E-state index in [9.17, 15) is 4.79 Å². The molecule has 1 aromatic carbocycles. The molecule has 0 aromatic heterocycles. The summed E-state index contributed by atoms with van der Waals surface area (Å²) in [5.74, 6) is 0.166.